The molecule has 0 bridgehead atoms. The smallest absolute Gasteiger partial charge is 0.0205 e. The Kier molecular flexibility index (Phi) is 17.5. The molecular formula is C26H45N. The topological polar surface area (TPSA) is 12.0 Å². The van der Waals surface area contributed by atoms with Crippen molar-refractivity contribution in [2.45, 2.75) is 110 Å². The van der Waals surface area contributed by atoms with Gasteiger partial charge in [0, 0.05) is 6.54 Å². The molecule has 0 aliphatic carbocycles. The molecular weight excluding hydrogens is 326 g/mol. The summed E-state index contributed by atoms with van der Waals surface area (Å²) in [7, 11) is 0. The highest BCUT2D eigenvalue weighted by molar-refractivity contribution is 5.14. The normalized spacial score (nSPS) is 11.4. The molecule has 1 aromatic rings. The van der Waals surface area contributed by atoms with Gasteiger partial charge in [0.05, 0.1) is 0 Å². The molecule has 0 atom stereocenters. The van der Waals surface area contributed by atoms with E-state index < -0.39 is 0 Å². The molecule has 0 radical (unpaired) electrons. The first-order valence-electron chi connectivity index (χ1n) is 11.8. The number of benzene rings is 1. The first-order valence-corrected chi connectivity index (χ1v) is 11.8. The molecule has 0 aliphatic rings. The Bertz CT molecular complexity index is 423. The third kappa shape index (κ3) is 16.8. The highest BCUT2D eigenvalue weighted by atomic mass is 14.8. The van der Waals surface area contributed by atoms with Crippen LogP contribution in [0.25, 0.3) is 0 Å². The predicted octanol–water partition coefficient (Wildman–Crippen LogP) is 8.20. The molecule has 0 saturated carbocycles. The summed E-state index contributed by atoms with van der Waals surface area (Å²) in [6.07, 6.45) is 25.6. The average Bonchev–Trinajstić information content (AvgIpc) is 2.70. The summed E-state index contributed by atoms with van der Waals surface area (Å²) in [6.45, 7) is 4.44. The Labute approximate surface area is 170 Å². The second-order valence-corrected chi connectivity index (χ2v) is 7.95. The zero-order valence-corrected chi connectivity index (χ0v) is 18.1. The van der Waals surface area contributed by atoms with E-state index >= 15 is 0 Å². The van der Waals surface area contributed by atoms with Crippen LogP contribution in [0.2, 0.25) is 0 Å². The zero-order chi connectivity index (χ0) is 19.3. The Morgan fingerprint density at radius 1 is 0.630 bits per heavy atom. The third-order valence-corrected chi connectivity index (χ3v) is 5.29. The van der Waals surface area contributed by atoms with Gasteiger partial charge in [0.1, 0.15) is 0 Å². The van der Waals surface area contributed by atoms with Gasteiger partial charge in [-0.15, -0.1) is 0 Å². The van der Waals surface area contributed by atoms with Crippen LogP contribution in [0.1, 0.15) is 109 Å². The molecule has 1 nitrogen and oxygen atoms in total. The van der Waals surface area contributed by atoms with E-state index in [1.165, 1.54) is 102 Å². The Balaban J connectivity index is 1.72. The molecule has 0 aromatic heterocycles. The van der Waals surface area contributed by atoms with E-state index in [0.29, 0.717) is 0 Å². The molecule has 0 heterocycles. The van der Waals surface area contributed by atoms with Crippen LogP contribution in [-0.2, 0) is 6.54 Å². The van der Waals surface area contributed by atoms with Gasteiger partial charge in [0.2, 0.25) is 0 Å². The fourth-order valence-electron chi connectivity index (χ4n) is 3.50. The maximum Gasteiger partial charge on any atom is 0.0205 e. The van der Waals surface area contributed by atoms with E-state index in [1.807, 2.05) is 0 Å². The van der Waals surface area contributed by atoms with Crippen molar-refractivity contribution in [3.05, 3.63) is 48.0 Å². The molecule has 0 unspecified atom stereocenters. The van der Waals surface area contributed by atoms with Crippen molar-refractivity contribution < 1.29 is 0 Å². The van der Waals surface area contributed by atoms with Crippen molar-refractivity contribution in [1.29, 1.82) is 0 Å². The van der Waals surface area contributed by atoms with Crippen LogP contribution in [-0.4, -0.2) is 6.54 Å². The summed E-state index contributed by atoms with van der Waals surface area (Å²) in [6, 6.07) is 10.7. The standard InChI is InChI=1S/C26H45N/c1-2-3-4-5-6-7-8-9-10-11-12-13-14-15-16-17-21-24-27-25-26-22-19-18-20-23-26/h10-11,18-20,22-23,27H,2-9,12-17,21,24-25H2,1H3/b11-10-. The van der Waals surface area contributed by atoms with Gasteiger partial charge in [0.15, 0.2) is 0 Å². The van der Waals surface area contributed by atoms with Gasteiger partial charge < -0.3 is 5.32 Å². The Hall–Kier alpha value is -1.08. The summed E-state index contributed by atoms with van der Waals surface area (Å²) < 4.78 is 0. The molecule has 1 N–H and O–H groups in total. The van der Waals surface area contributed by atoms with E-state index in [9.17, 15) is 0 Å². The monoisotopic (exact) mass is 371 g/mol. The maximum atomic E-state index is 3.54. The Morgan fingerprint density at radius 2 is 1.15 bits per heavy atom. The Morgan fingerprint density at radius 3 is 1.74 bits per heavy atom. The second kappa shape index (κ2) is 19.7. The molecule has 0 amide bonds. The molecule has 0 spiro atoms. The van der Waals surface area contributed by atoms with Crippen molar-refractivity contribution in [2.75, 3.05) is 6.54 Å². The van der Waals surface area contributed by atoms with E-state index in [4.69, 9.17) is 0 Å². The minimum absolute atomic E-state index is 1.01. The first kappa shape index (κ1) is 24.0. The summed E-state index contributed by atoms with van der Waals surface area (Å²) in [5, 5.41) is 3.54. The number of allylic oxidation sites excluding steroid dienone is 2. The van der Waals surface area contributed by atoms with E-state index in [-0.39, 0.29) is 0 Å². The molecule has 27 heavy (non-hydrogen) atoms. The lowest BCUT2D eigenvalue weighted by Gasteiger charge is -2.05. The van der Waals surface area contributed by atoms with Gasteiger partial charge in [-0.25, -0.2) is 0 Å². The van der Waals surface area contributed by atoms with Crippen molar-refractivity contribution >= 4 is 0 Å². The van der Waals surface area contributed by atoms with Crippen LogP contribution >= 0.6 is 0 Å². The highest BCUT2D eigenvalue weighted by Crippen LogP contribution is 2.10. The first-order chi connectivity index (χ1) is 13.4. The fourth-order valence-corrected chi connectivity index (χ4v) is 3.50. The zero-order valence-electron chi connectivity index (χ0n) is 18.1. The number of unbranched alkanes of at least 4 members (excludes halogenated alkanes) is 13. The summed E-state index contributed by atoms with van der Waals surface area (Å²) in [4.78, 5) is 0. The SMILES string of the molecule is CCCCCCCCC/C=C\CCCCCCCCNCc1ccccc1. The minimum Gasteiger partial charge on any atom is -0.313 e. The summed E-state index contributed by atoms with van der Waals surface area (Å²) in [5.74, 6) is 0. The average molecular weight is 372 g/mol. The molecule has 1 aromatic carbocycles. The number of rotatable bonds is 19. The lowest BCUT2D eigenvalue weighted by atomic mass is 10.1. The number of hydrogen-bond acceptors (Lipinski definition) is 1. The van der Waals surface area contributed by atoms with Crippen LogP contribution in [0, 0.1) is 0 Å². The molecule has 1 heteroatoms. The van der Waals surface area contributed by atoms with Crippen molar-refractivity contribution in [3.63, 3.8) is 0 Å². The number of nitrogens with one attached hydrogen (secondary N) is 1. The minimum atomic E-state index is 1.01. The van der Waals surface area contributed by atoms with Gasteiger partial charge in [-0.2, -0.15) is 0 Å². The van der Waals surface area contributed by atoms with Crippen molar-refractivity contribution in [1.82, 2.24) is 5.32 Å². The van der Waals surface area contributed by atoms with Crippen LogP contribution in [0.5, 0.6) is 0 Å². The lowest BCUT2D eigenvalue weighted by molar-refractivity contribution is 0.566. The molecule has 0 saturated heterocycles. The molecule has 0 fully saturated rings. The van der Waals surface area contributed by atoms with Crippen LogP contribution < -0.4 is 5.32 Å². The predicted molar refractivity (Wildman–Crippen MR) is 122 cm³/mol. The van der Waals surface area contributed by atoms with Crippen molar-refractivity contribution in [3.8, 4) is 0 Å². The van der Waals surface area contributed by atoms with Gasteiger partial charge >= 0.3 is 0 Å². The van der Waals surface area contributed by atoms with Gasteiger partial charge in [-0.3, -0.25) is 0 Å². The lowest BCUT2D eigenvalue weighted by Crippen LogP contribution is -2.14. The second-order valence-electron chi connectivity index (χ2n) is 7.95. The maximum absolute atomic E-state index is 3.54. The van der Waals surface area contributed by atoms with Crippen LogP contribution in [0.3, 0.4) is 0 Å². The molecule has 0 aliphatic heterocycles. The highest BCUT2D eigenvalue weighted by Gasteiger charge is 1.93. The molecule has 1 rings (SSSR count). The molecule has 154 valence electrons. The summed E-state index contributed by atoms with van der Waals surface area (Å²) in [5.41, 5.74) is 1.39. The largest absolute Gasteiger partial charge is 0.313 e. The van der Waals surface area contributed by atoms with Crippen LogP contribution in [0.4, 0.5) is 0 Å². The summed E-state index contributed by atoms with van der Waals surface area (Å²) >= 11 is 0. The van der Waals surface area contributed by atoms with E-state index in [2.05, 4.69) is 54.7 Å². The van der Waals surface area contributed by atoms with Gasteiger partial charge in [-0.05, 0) is 44.2 Å². The fraction of sp³-hybridized carbons (Fsp3) is 0.692. The number of hydrogen-bond donors (Lipinski definition) is 1. The van der Waals surface area contributed by atoms with Gasteiger partial charge in [-0.1, -0.05) is 114 Å². The van der Waals surface area contributed by atoms with Crippen LogP contribution in [0.15, 0.2) is 42.5 Å². The van der Waals surface area contributed by atoms with E-state index in [0.717, 1.165) is 13.1 Å². The van der Waals surface area contributed by atoms with E-state index in [1.54, 1.807) is 0 Å². The quantitative estimate of drug-likeness (QED) is 0.191. The van der Waals surface area contributed by atoms with Crippen molar-refractivity contribution in [2.24, 2.45) is 0 Å². The van der Waals surface area contributed by atoms with Gasteiger partial charge in [0.25, 0.3) is 0 Å². The third-order valence-electron chi connectivity index (χ3n) is 5.29.